The zero-order valence-corrected chi connectivity index (χ0v) is 25.7. The Balaban J connectivity index is 0.00000552. The number of esters is 2. The minimum atomic E-state index is -0.425. The number of ether oxygens (including phenoxy) is 2. The van der Waals surface area contributed by atoms with Crippen LogP contribution in [0.15, 0.2) is 97.1 Å². The van der Waals surface area contributed by atoms with Gasteiger partial charge < -0.3 is 24.7 Å². The monoisotopic (exact) mass is 614 g/mol. The minimum absolute atomic E-state index is 0. The fourth-order valence-corrected chi connectivity index (χ4v) is 5.53. The average molecular weight is 615 g/mol. The van der Waals surface area contributed by atoms with Crippen LogP contribution in [0.25, 0.3) is 11.4 Å². The normalized spacial score (nSPS) is 14.0. The predicted octanol–water partition coefficient (Wildman–Crippen LogP) is 5.25. The molecule has 238 valence electrons. The third-order valence-corrected chi connectivity index (χ3v) is 7.65. The van der Waals surface area contributed by atoms with Crippen LogP contribution < -0.4 is 0 Å². The molecule has 0 bridgehead atoms. The summed E-state index contributed by atoms with van der Waals surface area (Å²) in [6.07, 6.45) is 8.68. The van der Waals surface area contributed by atoms with Gasteiger partial charge in [0.25, 0.3) is 11.8 Å². The van der Waals surface area contributed by atoms with Gasteiger partial charge in [0.05, 0.1) is 35.8 Å². The highest BCUT2D eigenvalue weighted by Crippen LogP contribution is 2.46. The van der Waals surface area contributed by atoms with E-state index in [0.29, 0.717) is 48.8 Å². The Bertz CT molecular complexity index is 1320. The van der Waals surface area contributed by atoms with Crippen molar-refractivity contribution < 1.29 is 34.1 Å². The minimum Gasteiger partial charge on any atom is -0.463 e. The molecule has 2 aromatic rings. The summed E-state index contributed by atoms with van der Waals surface area (Å²) in [6.45, 7) is 8.45. The standard InChI is InChI=1S/C36H40N2O6.H2O/c1-3-29(39)43-25-17-7-5-15-23-37-33(27-19-11-9-12-20-27)31-32(35(37)41)34(28-21-13-10-14-22-28)38(36(31)42)24-16-6-8-18-26-44-30(40)4-2;/h3-4,9-14,19-22H,1-2,5-8,15-18,23-26H2;1H2. The van der Waals surface area contributed by atoms with Gasteiger partial charge in [0.2, 0.25) is 0 Å². The summed E-state index contributed by atoms with van der Waals surface area (Å²) in [4.78, 5) is 54.4. The maximum absolute atomic E-state index is 14.2. The van der Waals surface area contributed by atoms with Gasteiger partial charge in [0, 0.05) is 25.2 Å². The second-order valence-corrected chi connectivity index (χ2v) is 10.7. The Morgan fingerprint density at radius 2 is 0.933 bits per heavy atom. The fourth-order valence-electron chi connectivity index (χ4n) is 5.53. The van der Waals surface area contributed by atoms with Gasteiger partial charge in [-0.25, -0.2) is 9.59 Å². The number of unbranched alkanes of at least 4 members (excludes halogenated alkanes) is 6. The largest absolute Gasteiger partial charge is 0.463 e. The second kappa shape index (κ2) is 17.5. The summed E-state index contributed by atoms with van der Waals surface area (Å²) in [5, 5.41) is 0. The molecule has 9 heteroatoms. The highest BCUT2D eigenvalue weighted by molar-refractivity contribution is 6.30. The molecule has 4 rings (SSSR count). The zero-order chi connectivity index (χ0) is 31.3. The van der Waals surface area contributed by atoms with Crippen LogP contribution in [0.4, 0.5) is 0 Å². The SMILES string of the molecule is C=CC(=O)OCCCCCCN1C(=O)C2=C(c3ccccc3)N(CCCCCCOC(=O)C=C)C(=O)C2=C1c1ccccc1.O. The highest BCUT2D eigenvalue weighted by Gasteiger charge is 2.48. The quantitative estimate of drug-likeness (QED) is 0.128. The van der Waals surface area contributed by atoms with Crippen molar-refractivity contribution in [3.05, 3.63) is 108 Å². The van der Waals surface area contributed by atoms with E-state index in [-0.39, 0.29) is 17.3 Å². The molecule has 0 spiro atoms. The summed E-state index contributed by atoms with van der Waals surface area (Å²) >= 11 is 0. The molecule has 0 fully saturated rings. The lowest BCUT2D eigenvalue weighted by atomic mass is 10.0. The molecule has 45 heavy (non-hydrogen) atoms. The maximum Gasteiger partial charge on any atom is 0.330 e. The number of benzene rings is 2. The van der Waals surface area contributed by atoms with Crippen molar-refractivity contribution in [2.45, 2.75) is 51.4 Å². The van der Waals surface area contributed by atoms with Gasteiger partial charge in [0.1, 0.15) is 0 Å². The van der Waals surface area contributed by atoms with Crippen LogP contribution in [0.3, 0.4) is 0 Å². The topological polar surface area (TPSA) is 125 Å². The van der Waals surface area contributed by atoms with Crippen molar-refractivity contribution in [2.75, 3.05) is 26.3 Å². The van der Waals surface area contributed by atoms with Crippen molar-refractivity contribution in [1.82, 2.24) is 9.80 Å². The van der Waals surface area contributed by atoms with E-state index in [4.69, 9.17) is 9.47 Å². The van der Waals surface area contributed by atoms with E-state index in [0.717, 1.165) is 74.6 Å². The first kappa shape index (κ1) is 34.7. The van der Waals surface area contributed by atoms with Crippen LogP contribution in [0.5, 0.6) is 0 Å². The van der Waals surface area contributed by atoms with Gasteiger partial charge in [-0.2, -0.15) is 0 Å². The van der Waals surface area contributed by atoms with Gasteiger partial charge in [0.15, 0.2) is 0 Å². The average Bonchev–Trinajstić information content (AvgIpc) is 3.50. The van der Waals surface area contributed by atoms with Crippen LogP contribution in [0.2, 0.25) is 0 Å². The summed E-state index contributed by atoms with van der Waals surface area (Å²) in [7, 11) is 0. The molecule has 2 aliphatic rings. The number of carbonyl (C=O) groups is 4. The smallest absolute Gasteiger partial charge is 0.330 e. The van der Waals surface area contributed by atoms with Crippen LogP contribution in [-0.2, 0) is 28.7 Å². The first-order chi connectivity index (χ1) is 21.5. The van der Waals surface area contributed by atoms with E-state index in [1.165, 1.54) is 0 Å². The van der Waals surface area contributed by atoms with Gasteiger partial charge in [-0.1, -0.05) is 86.7 Å². The summed E-state index contributed by atoms with van der Waals surface area (Å²) in [5.74, 6) is -1.16. The van der Waals surface area contributed by atoms with E-state index >= 15 is 0 Å². The van der Waals surface area contributed by atoms with E-state index in [1.54, 1.807) is 9.80 Å². The third kappa shape index (κ3) is 8.67. The van der Waals surface area contributed by atoms with Crippen molar-refractivity contribution >= 4 is 35.1 Å². The Morgan fingerprint density at radius 1 is 0.578 bits per heavy atom. The van der Waals surface area contributed by atoms with Gasteiger partial charge in [-0.15, -0.1) is 0 Å². The number of amides is 2. The predicted molar refractivity (Wildman–Crippen MR) is 173 cm³/mol. The molecular formula is C36H42N2O7. The molecule has 0 radical (unpaired) electrons. The number of hydrogen-bond donors (Lipinski definition) is 0. The molecular weight excluding hydrogens is 572 g/mol. The molecule has 0 aliphatic carbocycles. The first-order valence-electron chi connectivity index (χ1n) is 15.3. The Kier molecular flexibility index (Phi) is 13.5. The maximum atomic E-state index is 14.2. The third-order valence-electron chi connectivity index (χ3n) is 7.65. The molecule has 2 amide bonds. The Hall–Kier alpha value is -4.76. The van der Waals surface area contributed by atoms with Crippen LogP contribution in [0, 0.1) is 0 Å². The van der Waals surface area contributed by atoms with E-state index < -0.39 is 11.9 Å². The fraction of sp³-hybridized carbons (Fsp3) is 0.333. The molecule has 2 heterocycles. The number of rotatable bonds is 18. The van der Waals surface area contributed by atoms with E-state index in [9.17, 15) is 19.2 Å². The molecule has 0 atom stereocenters. The van der Waals surface area contributed by atoms with Crippen molar-refractivity contribution in [1.29, 1.82) is 0 Å². The zero-order valence-electron chi connectivity index (χ0n) is 25.7. The number of carbonyl (C=O) groups excluding carboxylic acids is 4. The number of fused-ring (bicyclic) bond motifs is 1. The molecule has 2 aliphatic heterocycles. The summed E-state index contributed by atoms with van der Waals surface area (Å²) in [6, 6.07) is 19.3. The second-order valence-electron chi connectivity index (χ2n) is 10.7. The van der Waals surface area contributed by atoms with E-state index in [2.05, 4.69) is 13.2 Å². The molecule has 2 aromatic carbocycles. The lowest BCUT2D eigenvalue weighted by Crippen LogP contribution is -2.31. The summed E-state index contributed by atoms with van der Waals surface area (Å²) < 4.78 is 10.1. The molecule has 2 N–H and O–H groups in total. The van der Waals surface area contributed by atoms with Crippen LogP contribution in [0.1, 0.15) is 62.5 Å². The number of hydrogen-bond acceptors (Lipinski definition) is 6. The van der Waals surface area contributed by atoms with Gasteiger partial charge in [-0.05, 0) is 49.7 Å². The van der Waals surface area contributed by atoms with Crippen molar-refractivity contribution in [3.63, 3.8) is 0 Å². The Labute approximate surface area is 264 Å². The van der Waals surface area contributed by atoms with Crippen LogP contribution in [-0.4, -0.2) is 65.3 Å². The lowest BCUT2D eigenvalue weighted by Gasteiger charge is -2.25. The van der Waals surface area contributed by atoms with E-state index in [1.807, 2.05) is 60.7 Å². The summed E-state index contributed by atoms with van der Waals surface area (Å²) in [5.41, 5.74) is 3.92. The van der Waals surface area contributed by atoms with Crippen molar-refractivity contribution in [2.24, 2.45) is 0 Å². The van der Waals surface area contributed by atoms with Crippen LogP contribution >= 0.6 is 0 Å². The first-order valence-corrected chi connectivity index (χ1v) is 15.3. The molecule has 0 saturated carbocycles. The Morgan fingerprint density at radius 3 is 1.29 bits per heavy atom. The van der Waals surface area contributed by atoms with Crippen molar-refractivity contribution in [3.8, 4) is 0 Å². The van der Waals surface area contributed by atoms with Gasteiger partial charge in [-0.3, -0.25) is 9.59 Å². The highest BCUT2D eigenvalue weighted by atomic mass is 16.5. The molecule has 0 unspecified atom stereocenters. The molecule has 0 aromatic heterocycles. The lowest BCUT2D eigenvalue weighted by molar-refractivity contribution is -0.138. The van der Waals surface area contributed by atoms with Gasteiger partial charge >= 0.3 is 11.9 Å². The molecule has 0 saturated heterocycles. The number of nitrogens with zero attached hydrogens (tertiary/aromatic N) is 2. The molecule has 9 nitrogen and oxygen atoms in total.